The van der Waals surface area contributed by atoms with Gasteiger partial charge in [0.1, 0.15) is 0 Å². The molecule has 0 bridgehead atoms. The van der Waals surface area contributed by atoms with E-state index in [1.807, 2.05) is 66.7 Å². The average molecular weight is 395 g/mol. The summed E-state index contributed by atoms with van der Waals surface area (Å²) in [6.45, 7) is 0. The number of nitrogens with one attached hydrogen (secondary N) is 1. The second kappa shape index (κ2) is 7.29. The van der Waals surface area contributed by atoms with Crippen LogP contribution in [0, 0.1) is 0 Å². The van der Waals surface area contributed by atoms with Gasteiger partial charge >= 0.3 is 5.69 Å². The third kappa shape index (κ3) is 3.12. The first-order valence-electron chi connectivity index (χ1n) is 9.50. The largest absolute Gasteiger partial charge is 0.355 e. The van der Waals surface area contributed by atoms with Crippen molar-refractivity contribution in [3.8, 4) is 5.69 Å². The molecule has 0 saturated carbocycles. The van der Waals surface area contributed by atoms with Crippen molar-refractivity contribution >= 4 is 28.4 Å². The molecular formula is C23H17N5O2. The van der Waals surface area contributed by atoms with Crippen LogP contribution in [0.2, 0.25) is 0 Å². The molecule has 0 aliphatic carbocycles. The van der Waals surface area contributed by atoms with E-state index in [1.165, 1.54) is 9.08 Å². The lowest BCUT2D eigenvalue weighted by Gasteiger charge is -2.07. The van der Waals surface area contributed by atoms with E-state index < -0.39 is 0 Å². The summed E-state index contributed by atoms with van der Waals surface area (Å²) in [5.41, 5.74) is 2.71. The van der Waals surface area contributed by atoms with E-state index in [1.54, 1.807) is 18.2 Å². The highest BCUT2D eigenvalue weighted by atomic mass is 16.2. The topological polar surface area (TPSA) is 81.3 Å². The van der Waals surface area contributed by atoms with Crippen LogP contribution in [0.1, 0.15) is 5.56 Å². The molecule has 2 aromatic heterocycles. The molecule has 2 heterocycles. The van der Waals surface area contributed by atoms with Gasteiger partial charge in [-0.15, -0.1) is 5.10 Å². The fourth-order valence-corrected chi connectivity index (χ4v) is 3.43. The first-order valence-corrected chi connectivity index (χ1v) is 9.50. The van der Waals surface area contributed by atoms with E-state index in [-0.39, 0.29) is 23.8 Å². The lowest BCUT2D eigenvalue weighted by Crippen LogP contribution is -2.20. The standard InChI is InChI=1S/C23H17N5O2/c29-20(15-16-9-3-1-4-10-16)25-21-22-26-28(17-11-5-2-6-12-17)23(30)27(22)19-14-8-7-13-18(19)24-21/h1-14H,15H2,(H,24,25,29). The molecule has 0 spiro atoms. The van der Waals surface area contributed by atoms with Gasteiger partial charge in [-0.1, -0.05) is 60.7 Å². The van der Waals surface area contributed by atoms with Crippen LogP contribution >= 0.6 is 0 Å². The number of benzene rings is 3. The highest BCUT2D eigenvalue weighted by molar-refractivity contribution is 5.96. The highest BCUT2D eigenvalue weighted by Crippen LogP contribution is 2.20. The Morgan fingerprint density at radius 3 is 2.30 bits per heavy atom. The van der Waals surface area contributed by atoms with Gasteiger partial charge in [-0.2, -0.15) is 4.68 Å². The van der Waals surface area contributed by atoms with Crippen LogP contribution < -0.4 is 11.0 Å². The van der Waals surface area contributed by atoms with Crippen LogP contribution in [-0.2, 0) is 11.2 Å². The minimum absolute atomic E-state index is 0.200. The lowest BCUT2D eigenvalue weighted by atomic mass is 10.1. The first kappa shape index (κ1) is 17.8. The Labute approximate surface area is 171 Å². The molecule has 1 N–H and O–H groups in total. The summed E-state index contributed by atoms with van der Waals surface area (Å²) < 4.78 is 2.80. The van der Waals surface area contributed by atoms with Gasteiger partial charge in [-0.3, -0.25) is 4.79 Å². The highest BCUT2D eigenvalue weighted by Gasteiger charge is 2.18. The summed E-state index contributed by atoms with van der Waals surface area (Å²) in [6, 6.07) is 25.9. The second-order valence-electron chi connectivity index (χ2n) is 6.85. The van der Waals surface area contributed by atoms with Crippen LogP contribution in [0.5, 0.6) is 0 Å². The minimum atomic E-state index is -0.326. The van der Waals surface area contributed by atoms with Crippen molar-refractivity contribution < 1.29 is 4.79 Å². The number of carbonyl (C=O) groups is 1. The molecule has 0 fully saturated rings. The van der Waals surface area contributed by atoms with Gasteiger partial charge in [-0.05, 0) is 29.8 Å². The van der Waals surface area contributed by atoms with Gasteiger partial charge in [0.05, 0.1) is 23.1 Å². The molecule has 146 valence electrons. The van der Waals surface area contributed by atoms with Crippen LogP contribution in [-0.4, -0.2) is 25.1 Å². The fourth-order valence-electron chi connectivity index (χ4n) is 3.43. The monoisotopic (exact) mass is 395 g/mol. The Bertz CT molecular complexity index is 1420. The molecule has 1 amide bonds. The molecule has 0 aliphatic heterocycles. The number of para-hydroxylation sites is 3. The molecule has 0 unspecified atom stereocenters. The summed E-state index contributed by atoms with van der Waals surface area (Å²) in [5.74, 6) is 0.0222. The maximum atomic E-state index is 13.2. The number of hydrogen-bond acceptors (Lipinski definition) is 4. The average Bonchev–Trinajstić information content (AvgIpc) is 3.13. The lowest BCUT2D eigenvalue weighted by molar-refractivity contribution is -0.115. The molecular weight excluding hydrogens is 378 g/mol. The zero-order chi connectivity index (χ0) is 20.5. The molecule has 7 heteroatoms. The van der Waals surface area contributed by atoms with E-state index in [2.05, 4.69) is 15.4 Å². The zero-order valence-electron chi connectivity index (χ0n) is 15.9. The molecule has 5 aromatic rings. The Morgan fingerprint density at radius 2 is 1.53 bits per heavy atom. The molecule has 5 rings (SSSR count). The van der Waals surface area contributed by atoms with Gasteiger partial charge in [0.2, 0.25) is 11.6 Å². The Morgan fingerprint density at radius 1 is 0.867 bits per heavy atom. The van der Waals surface area contributed by atoms with Crippen LogP contribution in [0.3, 0.4) is 0 Å². The van der Waals surface area contributed by atoms with Gasteiger partial charge in [-0.25, -0.2) is 14.2 Å². The van der Waals surface area contributed by atoms with Crippen molar-refractivity contribution in [1.29, 1.82) is 0 Å². The molecule has 7 nitrogen and oxygen atoms in total. The quantitative estimate of drug-likeness (QED) is 0.507. The molecule has 0 radical (unpaired) electrons. The number of aromatic nitrogens is 4. The predicted octanol–water partition coefficient (Wildman–Crippen LogP) is 3.21. The van der Waals surface area contributed by atoms with Crippen molar-refractivity contribution in [2.24, 2.45) is 0 Å². The third-order valence-corrected chi connectivity index (χ3v) is 4.81. The SMILES string of the molecule is O=C(Cc1ccccc1)Nc1nc2ccccc2n2c(=O)n(-c3ccccc3)nc12. The molecule has 3 aromatic carbocycles. The van der Waals surface area contributed by atoms with E-state index in [9.17, 15) is 9.59 Å². The molecule has 0 atom stereocenters. The number of fused-ring (bicyclic) bond motifs is 3. The first-order chi connectivity index (χ1) is 14.7. The fraction of sp³-hybridized carbons (Fsp3) is 0.0435. The minimum Gasteiger partial charge on any atom is -0.307 e. The summed E-state index contributed by atoms with van der Waals surface area (Å²) in [6.07, 6.45) is 0.200. The Balaban J connectivity index is 1.65. The van der Waals surface area contributed by atoms with Crippen molar-refractivity contribution in [1.82, 2.24) is 19.2 Å². The van der Waals surface area contributed by atoms with Crippen molar-refractivity contribution in [3.63, 3.8) is 0 Å². The van der Waals surface area contributed by atoms with Crippen LogP contribution in [0.25, 0.3) is 22.4 Å². The van der Waals surface area contributed by atoms with E-state index in [0.717, 1.165) is 5.56 Å². The normalized spacial score (nSPS) is 11.1. The number of nitrogens with zero attached hydrogens (tertiary/aromatic N) is 4. The van der Waals surface area contributed by atoms with E-state index in [4.69, 9.17) is 0 Å². The second-order valence-corrected chi connectivity index (χ2v) is 6.85. The number of hydrogen-bond donors (Lipinski definition) is 1. The number of carbonyl (C=O) groups excluding carboxylic acids is 1. The van der Waals surface area contributed by atoms with E-state index in [0.29, 0.717) is 22.4 Å². The summed E-state index contributed by atoms with van der Waals surface area (Å²) in [5, 5.41) is 7.31. The molecule has 0 saturated heterocycles. The number of amides is 1. The van der Waals surface area contributed by atoms with Gasteiger partial charge < -0.3 is 5.32 Å². The summed E-state index contributed by atoms with van der Waals surface area (Å²) in [4.78, 5) is 30.4. The Kier molecular flexibility index (Phi) is 4.33. The molecule has 30 heavy (non-hydrogen) atoms. The third-order valence-electron chi connectivity index (χ3n) is 4.81. The summed E-state index contributed by atoms with van der Waals surface area (Å²) in [7, 11) is 0. The van der Waals surface area contributed by atoms with Gasteiger partial charge in [0.15, 0.2) is 5.82 Å². The summed E-state index contributed by atoms with van der Waals surface area (Å²) >= 11 is 0. The van der Waals surface area contributed by atoms with Crippen LogP contribution in [0.15, 0.2) is 89.7 Å². The van der Waals surface area contributed by atoms with E-state index >= 15 is 0 Å². The zero-order valence-corrected chi connectivity index (χ0v) is 15.9. The van der Waals surface area contributed by atoms with Crippen molar-refractivity contribution in [2.75, 3.05) is 5.32 Å². The van der Waals surface area contributed by atoms with Crippen LogP contribution in [0.4, 0.5) is 5.82 Å². The molecule has 0 aliphatic rings. The smallest absolute Gasteiger partial charge is 0.307 e. The van der Waals surface area contributed by atoms with Gasteiger partial charge in [0.25, 0.3) is 0 Å². The Hall–Kier alpha value is -4.26. The van der Waals surface area contributed by atoms with Gasteiger partial charge in [0, 0.05) is 0 Å². The maximum absolute atomic E-state index is 13.2. The number of rotatable bonds is 4. The maximum Gasteiger partial charge on any atom is 0.355 e. The van der Waals surface area contributed by atoms with Crippen molar-refractivity contribution in [2.45, 2.75) is 6.42 Å². The predicted molar refractivity (Wildman–Crippen MR) is 115 cm³/mol. The van der Waals surface area contributed by atoms with Crippen molar-refractivity contribution in [3.05, 3.63) is 101 Å². The number of anilines is 1.